The average molecular weight is 720 g/mol. The largest absolute Gasteiger partial charge is 0.310 e. The molecule has 1 heterocycles. The van der Waals surface area contributed by atoms with Crippen molar-refractivity contribution in [3.05, 3.63) is 199 Å². The first-order chi connectivity index (χ1) is 27.0. The van der Waals surface area contributed by atoms with Gasteiger partial charge in [0.05, 0.1) is 5.69 Å². The summed E-state index contributed by atoms with van der Waals surface area (Å²) in [6.45, 7) is 4.70. The highest BCUT2D eigenvalue weighted by atomic mass is 32.1. The lowest BCUT2D eigenvalue weighted by Gasteiger charge is -2.30. The first-order valence-electron chi connectivity index (χ1n) is 19.1. The highest BCUT2D eigenvalue weighted by molar-refractivity contribution is 7.25. The van der Waals surface area contributed by atoms with Gasteiger partial charge in [0.25, 0.3) is 0 Å². The molecular formula is C53H37NS. The predicted octanol–water partition coefficient (Wildman–Crippen LogP) is 15.5. The van der Waals surface area contributed by atoms with E-state index in [0.29, 0.717) is 0 Å². The van der Waals surface area contributed by atoms with Gasteiger partial charge in [0.15, 0.2) is 0 Å². The summed E-state index contributed by atoms with van der Waals surface area (Å²) in [6.07, 6.45) is 0. The minimum Gasteiger partial charge on any atom is -0.310 e. The van der Waals surface area contributed by atoms with Crippen molar-refractivity contribution in [2.75, 3.05) is 4.90 Å². The zero-order valence-corrected chi connectivity index (χ0v) is 31.6. The van der Waals surface area contributed by atoms with E-state index in [1.54, 1.807) is 0 Å². The normalized spacial score (nSPS) is 13.1. The van der Waals surface area contributed by atoms with E-state index in [1.165, 1.54) is 86.2 Å². The molecule has 0 amide bonds. The van der Waals surface area contributed by atoms with Crippen LogP contribution >= 0.6 is 11.3 Å². The zero-order chi connectivity index (χ0) is 36.7. The Morgan fingerprint density at radius 1 is 0.400 bits per heavy atom. The third-order valence-corrected chi connectivity index (χ3v) is 13.0. The lowest BCUT2D eigenvalue weighted by molar-refractivity contribution is 0.660. The lowest BCUT2D eigenvalue weighted by atomic mass is 9.82. The molecule has 0 unspecified atom stereocenters. The van der Waals surface area contributed by atoms with E-state index in [4.69, 9.17) is 0 Å². The monoisotopic (exact) mass is 719 g/mol. The van der Waals surface area contributed by atoms with Crippen molar-refractivity contribution in [2.45, 2.75) is 19.3 Å². The number of rotatable bonds is 5. The molecular weight excluding hydrogens is 683 g/mol. The number of nitrogens with zero attached hydrogens (tertiary/aromatic N) is 1. The molecule has 0 spiro atoms. The summed E-state index contributed by atoms with van der Waals surface area (Å²) in [6, 6.07) is 69.8. The molecule has 2 heteroatoms. The Hall–Kier alpha value is -6.48. The van der Waals surface area contributed by atoms with Gasteiger partial charge < -0.3 is 4.90 Å². The van der Waals surface area contributed by atoms with E-state index in [1.807, 2.05) is 11.3 Å². The predicted molar refractivity (Wildman–Crippen MR) is 237 cm³/mol. The minimum atomic E-state index is -0.0638. The van der Waals surface area contributed by atoms with Crippen molar-refractivity contribution >= 4 is 70.1 Å². The Kier molecular flexibility index (Phi) is 7.14. The van der Waals surface area contributed by atoms with Gasteiger partial charge >= 0.3 is 0 Å². The number of anilines is 3. The molecule has 9 aromatic carbocycles. The van der Waals surface area contributed by atoms with Crippen LogP contribution in [0.1, 0.15) is 25.0 Å². The van der Waals surface area contributed by atoms with Crippen LogP contribution in [0.3, 0.4) is 0 Å². The van der Waals surface area contributed by atoms with Crippen LogP contribution in [0.15, 0.2) is 188 Å². The number of hydrogen-bond acceptors (Lipinski definition) is 2. The topological polar surface area (TPSA) is 3.24 Å². The Morgan fingerprint density at radius 2 is 1.04 bits per heavy atom. The molecule has 1 aromatic heterocycles. The number of benzene rings is 9. The van der Waals surface area contributed by atoms with Gasteiger partial charge in [0.1, 0.15) is 0 Å². The van der Waals surface area contributed by atoms with Crippen LogP contribution in [-0.4, -0.2) is 0 Å². The average Bonchev–Trinajstić information content (AvgIpc) is 3.72. The molecule has 0 aliphatic heterocycles. The smallest absolute Gasteiger partial charge is 0.0546 e. The molecule has 11 rings (SSSR count). The van der Waals surface area contributed by atoms with E-state index in [9.17, 15) is 0 Å². The van der Waals surface area contributed by atoms with Crippen LogP contribution in [0.5, 0.6) is 0 Å². The highest BCUT2D eigenvalue weighted by Crippen LogP contribution is 2.52. The summed E-state index contributed by atoms with van der Waals surface area (Å²) in [5.74, 6) is 0. The van der Waals surface area contributed by atoms with Gasteiger partial charge in [-0.25, -0.2) is 0 Å². The van der Waals surface area contributed by atoms with Crippen molar-refractivity contribution in [1.82, 2.24) is 0 Å². The first kappa shape index (κ1) is 32.0. The molecule has 1 aliphatic carbocycles. The van der Waals surface area contributed by atoms with Crippen molar-refractivity contribution in [1.29, 1.82) is 0 Å². The maximum Gasteiger partial charge on any atom is 0.0546 e. The highest BCUT2D eigenvalue weighted by Gasteiger charge is 2.35. The molecule has 10 aromatic rings. The fraction of sp³-hybridized carbons (Fsp3) is 0.0566. The molecule has 0 saturated heterocycles. The molecule has 1 aliphatic rings. The van der Waals surface area contributed by atoms with Gasteiger partial charge in [-0.1, -0.05) is 153 Å². The number of thiophene rings is 1. The van der Waals surface area contributed by atoms with Gasteiger partial charge in [0.2, 0.25) is 0 Å². The second kappa shape index (κ2) is 12.3. The third-order valence-electron chi connectivity index (χ3n) is 11.8. The quantitative estimate of drug-likeness (QED) is 0.171. The van der Waals surface area contributed by atoms with Crippen molar-refractivity contribution in [3.63, 3.8) is 0 Å². The Balaban J connectivity index is 1.12. The number of hydrogen-bond donors (Lipinski definition) is 0. The molecule has 0 saturated carbocycles. The summed E-state index contributed by atoms with van der Waals surface area (Å²) in [5, 5.41) is 7.60. The molecule has 260 valence electrons. The maximum atomic E-state index is 2.48. The van der Waals surface area contributed by atoms with E-state index >= 15 is 0 Å². The van der Waals surface area contributed by atoms with E-state index in [2.05, 4.69) is 207 Å². The minimum absolute atomic E-state index is 0.0638. The molecule has 55 heavy (non-hydrogen) atoms. The maximum absolute atomic E-state index is 2.48. The lowest BCUT2D eigenvalue weighted by Crippen LogP contribution is -2.15. The molecule has 0 bridgehead atoms. The van der Waals surface area contributed by atoms with Crippen LogP contribution in [0.25, 0.3) is 75.1 Å². The van der Waals surface area contributed by atoms with Gasteiger partial charge in [-0.3, -0.25) is 0 Å². The van der Waals surface area contributed by atoms with Crippen molar-refractivity contribution in [2.24, 2.45) is 0 Å². The van der Waals surface area contributed by atoms with Crippen LogP contribution in [0.4, 0.5) is 17.1 Å². The Bertz CT molecular complexity index is 3130. The van der Waals surface area contributed by atoms with Crippen LogP contribution < -0.4 is 4.90 Å². The molecule has 0 radical (unpaired) electrons. The summed E-state index contributed by atoms with van der Waals surface area (Å²) in [7, 11) is 0. The molecule has 0 atom stereocenters. The van der Waals surface area contributed by atoms with Crippen LogP contribution in [-0.2, 0) is 5.41 Å². The van der Waals surface area contributed by atoms with E-state index < -0.39 is 0 Å². The molecule has 0 fully saturated rings. The van der Waals surface area contributed by atoms with Gasteiger partial charge in [-0.05, 0) is 109 Å². The first-order valence-corrected chi connectivity index (χ1v) is 19.9. The van der Waals surface area contributed by atoms with Crippen LogP contribution in [0, 0.1) is 0 Å². The summed E-state index contributed by atoms with van der Waals surface area (Å²) < 4.78 is 2.65. The molecule has 1 nitrogen and oxygen atoms in total. The van der Waals surface area contributed by atoms with Crippen molar-refractivity contribution < 1.29 is 0 Å². The SMILES string of the molecule is CC1(C)c2ccccc2-c2cc(N(c3ccc(-c4ccc5c(c4)sc4ccccc45)cc3)c3ccc4ccccc4c3-c3ccc4ccccc4c3)ccc21. The summed E-state index contributed by atoms with van der Waals surface area (Å²) >= 11 is 1.87. The Morgan fingerprint density at radius 3 is 1.91 bits per heavy atom. The summed E-state index contributed by atoms with van der Waals surface area (Å²) in [4.78, 5) is 2.48. The van der Waals surface area contributed by atoms with Gasteiger partial charge in [-0.15, -0.1) is 11.3 Å². The number of fused-ring (bicyclic) bond motifs is 8. The van der Waals surface area contributed by atoms with E-state index in [-0.39, 0.29) is 5.41 Å². The molecule has 0 N–H and O–H groups in total. The fourth-order valence-electron chi connectivity index (χ4n) is 9.08. The van der Waals surface area contributed by atoms with Gasteiger partial charge in [-0.2, -0.15) is 0 Å². The third kappa shape index (κ3) is 5.06. The fourth-order valence-corrected chi connectivity index (χ4v) is 10.2. The Labute approximate surface area is 325 Å². The van der Waals surface area contributed by atoms with E-state index in [0.717, 1.165) is 17.1 Å². The second-order valence-corrected chi connectivity index (χ2v) is 16.4. The van der Waals surface area contributed by atoms with Crippen molar-refractivity contribution in [3.8, 4) is 33.4 Å². The van der Waals surface area contributed by atoms with Gasteiger partial charge in [0, 0.05) is 42.5 Å². The second-order valence-electron chi connectivity index (χ2n) is 15.3. The summed E-state index contributed by atoms with van der Waals surface area (Å²) in [5.41, 5.74) is 13.6. The zero-order valence-electron chi connectivity index (χ0n) is 30.8. The standard InChI is InChI=1S/C53H37NS/c1-53(2)47-17-9-7-15-43(47)46-33-41(27-29-48(46)53)54(40-25-21-35(22-26-40)38-23-28-45-44-16-8-10-18-50(44)55-51(45)32-38)49-30-24-36-12-5-6-14-42(36)52(49)39-20-19-34-11-3-4-13-37(34)31-39/h3-33H,1-2H3. The van der Waals surface area contributed by atoms with Crippen LogP contribution in [0.2, 0.25) is 0 Å².